The van der Waals surface area contributed by atoms with Crippen LogP contribution >= 0.6 is 11.3 Å². The van der Waals surface area contributed by atoms with Gasteiger partial charge in [0.2, 0.25) is 0 Å². The van der Waals surface area contributed by atoms with Gasteiger partial charge in [-0.05, 0) is 33.6 Å². The predicted octanol–water partition coefficient (Wildman–Crippen LogP) is 2.62. The molecule has 1 heterocycles. The lowest BCUT2D eigenvalue weighted by Crippen LogP contribution is -2.42. The molecule has 0 bridgehead atoms. The van der Waals surface area contributed by atoms with Crippen LogP contribution in [0.4, 0.5) is 4.79 Å². The third kappa shape index (κ3) is 8.72. The molecule has 0 fully saturated rings. The summed E-state index contributed by atoms with van der Waals surface area (Å²) in [5.74, 6) is 0.970. The molecule has 0 saturated heterocycles. The number of nitrogens with zero attached hydrogens (tertiary/aromatic N) is 3. The maximum Gasteiger partial charge on any atom is 0.410 e. The van der Waals surface area contributed by atoms with E-state index in [1.165, 1.54) is 4.88 Å². The summed E-state index contributed by atoms with van der Waals surface area (Å²) in [6.45, 7) is 11.6. The van der Waals surface area contributed by atoms with Gasteiger partial charge >= 0.3 is 6.09 Å². The molecule has 1 amide bonds. The summed E-state index contributed by atoms with van der Waals surface area (Å²) in [6, 6.07) is 0. The smallest absolute Gasteiger partial charge is 0.410 e. The largest absolute Gasteiger partial charge is 0.444 e. The fourth-order valence-corrected chi connectivity index (χ4v) is 2.81. The SMILES string of the molecule is CN=C(NCc1ncc(C)s1)NCC(C)CN(C)C(=O)OC(C)(C)C. The van der Waals surface area contributed by atoms with Crippen LogP contribution in [0.5, 0.6) is 0 Å². The van der Waals surface area contributed by atoms with Crippen molar-refractivity contribution >= 4 is 23.4 Å². The molecule has 0 aliphatic carbocycles. The third-order valence-corrected chi connectivity index (χ3v) is 4.12. The Bertz CT molecular complexity index is 580. The number of hydrogen-bond acceptors (Lipinski definition) is 5. The molecule has 1 atom stereocenters. The van der Waals surface area contributed by atoms with E-state index in [1.807, 2.05) is 33.9 Å². The number of ether oxygens (including phenoxy) is 1. The molecule has 142 valence electrons. The average Bonchev–Trinajstić information content (AvgIpc) is 2.91. The predicted molar refractivity (Wildman–Crippen MR) is 103 cm³/mol. The lowest BCUT2D eigenvalue weighted by Gasteiger charge is -2.26. The topological polar surface area (TPSA) is 78.9 Å². The lowest BCUT2D eigenvalue weighted by atomic mass is 10.1. The number of carbonyl (C=O) groups excluding carboxylic acids is 1. The Kier molecular flexibility index (Phi) is 8.15. The van der Waals surface area contributed by atoms with Crippen molar-refractivity contribution < 1.29 is 9.53 Å². The summed E-state index contributed by atoms with van der Waals surface area (Å²) >= 11 is 1.67. The molecule has 25 heavy (non-hydrogen) atoms. The molecule has 0 radical (unpaired) electrons. The average molecular weight is 370 g/mol. The summed E-state index contributed by atoms with van der Waals surface area (Å²) in [5.41, 5.74) is -0.479. The first-order chi connectivity index (χ1) is 11.6. The molecule has 0 aromatic carbocycles. The molecule has 1 aromatic heterocycles. The molecule has 0 spiro atoms. The van der Waals surface area contributed by atoms with Crippen molar-refractivity contribution in [1.82, 2.24) is 20.5 Å². The number of carbonyl (C=O) groups is 1. The van der Waals surface area contributed by atoms with Gasteiger partial charge in [-0.2, -0.15) is 0 Å². The quantitative estimate of drug-likeness (QED) is 0.595. The Labute approximate surface area is 154 Å². The minimum Gasteiger partial charge on any atom is -0.444 e. The molecule has 1 unspecified atom stereocenters. The molecular formula is C17H31N5O2S. The van der Waals surface area contributed by atoms with Crippen LogP contribution in [0.1, 0.15) is 37.6 Å². The normalized spacial score (nSPS) is 13.3. The summed E-state index contributed by atoms with van der Waals surface area (Å²) < 4.78 is 5.36. The molecule has 0 saturated carbocycles. The second-order valence-electron chi connectivity index (χ2n) is 7.14. The summed E-state index contributed by atoms with van der Waals surface area (Å²) in [5, 5.41) is 7.54. The zero-order chi connectivity index (χ0) is 19.0. The van der Waals surface area contributed by atoms with E-state index in [-0.39, 0.29) is 12.0 Å². The van der Waals surface area contributed by atoms with Crippen LogP contribution in [0.25, 0.3) is 0 Å². The number of aryl methyl sites for hydroxylation is 1. The van der Waals surface area contributed by atoms with Crippen LogP contribution in [0, 0.1) is 12.8 Å². The maximum absolute atomic E-state index is 12.0. The van der Waals surface area contributed by atoms with Gasteiger partial charge in [-0.25, -0.2) is 9.78 Å². The molecule has 0 aliphatic rings. The fraction of sp³-hybridized carbons (Fsp3) is 0.706. The first kappa shape index (κ1) is 21.2. The number of thiazole rings is 1. The molecule has 7 nitrogen and oxygen atoms in total. The molecule has 1 rings (SSSR count). The van der Waals surface area contributed by atoms with Gasteiger partial charge in [-0.15, -0.1) is 11.3 Å². The van der Waals surface area contributed by atoms with Crippen molar-refractivity contribution in [3.8, 4) is 0 Å². The highest BCUT2D eigenvalue weighted by molar-refractivity contribution is 7.11. The minimum absolute atomic E-state index is 0.248. The highest BCUT2D eigenvalue weighted by atomic mass is 32.1. The van der Waals surface area contributed by atoms with Crippen molar-refractivity contribution in [2.75, 3.05) is 27.2 Å². The van der Waals surface area contributed by atoms with Crippen molar-refractivity contribution in [3.05, 3.63) is 16.1 Å². The van der Waals surface area contributed by atoms with Gasteiger partial charge in [-0.1, -0.05) is 6.92 Å². The van der Waals surface area contributed by atoms with Crippen molar-refractivity contribution in [2.45, 2.75) is 46.8 Å². The van der Waals surface area contributed by atoms with Crippen LogP contribution in [0.15, 0.2) is 11.2 Å². The Morgan fingerprint density at radius 3 is 2.64 bits per heavy atom. The number of aromatic nitrogens is 1. The highest BCUT2D eigenvalue weighted by Gasteiger charge is 2.20. The Morgan fingerprint density at radius 2 is 2.12 bits per heavy atom. The van der Waals surface area contributed by atoms with E-state index < -0.39 is 5.60 Å². The lowest BCUT2D eigenvalue weighted by molar-refractivity contribution is 0.0278. The van der Waals surface area contributed by atoms with E-state index in [1.54, 1.807) is 30.3 Å². The van der Waals surface area contributed by atoms with Crippen LogP contribution in [-0.2, 0) is 11.3 Å². The van der Waals surface area contributed by atoms with E-state index in [0.29, 0.717) is 19.6 Å². The van der Waals surface area contributed by atoms with Gasteiger partial charge in [-0.3, -0.25) is 4.99 Å². The number of aliphatic imine (C=N–C) groups is 1. The zero-order valence-electron chi connectivity index (χ0n) is 16.3. The maximum atomic E-state index is 12.0. The minimum atomic E-state index is -0.479. The van der Waals surface area contributed by atoms with E-state index in [4.69, 9.17) is 4.74 Å². The molecule has 2 N–H and O–H groups in total. The second-order valence-corrected chi connectivity index (χ2v) is 8.46. The third-order valence-electron chi connectivity index (χ3n) is 3.21. The summed E-state index contributed by atoms with van der Waals surface area (Å²) in [4.78, 5) is 23.3. The van der Waals surface area contributed by atoms with Gasteiger partial charge in [0, 0.05) is 38.3 Å². The monoisotopic (exact) mass is 369 g/mol. The fourth-order valence-electron chi connectivity index (χ4n) is 2.08. The van der Waals surface area contributed by atoms with Gasteiger partial charge in [0.25, 0.3) is 0 Å². The van der Waals surface area contributed by atoms with E-state index in [0.717, 1.165) is 11.0 Å². The first-order valence-electron chi connectivity index (χ1n) is 8.40. The number of hydrogen-bond donors (Lipinski definition) is 2. The number of nitrogens with one attached hydrogen (secondary N) is 2. The van der Waals surface area contributed by atoms with Crippen LogP contribution in [-0.4, -0.2) is 54.7 Å². The van der Waals surface area contributed by atoms with E-state index in [9.17, 15) is 4.79 Å². The Morgan fingerprint density at radius 1 is 1.44 bits per heavy atom. The van der Waals surface area contributed by atoms with Crippen LogP contribution in [0.3, 0.4) is 0 Å². The Hall–Kier alpha value is -1.83. The number of guanidine groups is 1. The van der Waals surface area contributed by atoms with E-state index >= 15 is 0 Å². The summed E-state index contributed by atoms with van der Waals surface area (Å²) in [7, 11) is 3.49. The molecule has 8 heteroatoms. The number of rotatable bonds is 6. The standard InChI is InChI=1S/C17H31N5O2S/c1-12(11-22(7)16(23)24-17(3,4)5)8-20-15(18-6)21-10-14-19-9-13(2)25-14/h9,12H,8,10-11H2,1-7H3,(H2,18,20,21). The highest BCUT2D eigenvalue weighted by Crippen LogP contribution is 2.11. The van der Waals surface area contributed by atoms with E-state index in [2.05, 4.69) is 27.5 Å². The van der Waals surface area contributed by atoms with Crippen LogP contribution in [0.2, 0.25) is 0 Å². The van der Waals surface area contributed by atoms with Crippen molar-refractivity contribution in [1.29, 1.82) is 0 Å². The van der Waals surface area contributed by atoms with Gasteiger partial charge in [0.15, 0.2) is 5.96 Å². The van der Waals surface area contributed by atoms with Crippen molar-refractivity contribution in [3.63, 3.8) is 0 Å². The van der Waals surface area contributed by atoms with Crippen molar-refractivity contribution in [2.24, 2.45) is 10.9 Å². The Balaban J connectivity index is 2.35. The molecule has 1 aromatic rings. The van der Waals surface area contributed by atoms with Gasteiger partial charge in [0.05, 0.1) is 6.54 Å². The second kappa shape index (κ2) is 9.60. The molecular weight excluding hydrogens is 338 g/mol. The molecule has 0 aliphatic heterocycles. The zero-order valence-corrected chi connectivity index (χ0v) is 17.2. The first-order valence-corrected chi connectivity index (χ1v) is 9.22. The summed E-state index contributed by atoms with van der Waals surface area (Å²) in [6.07, 6.45) is 1.56. The van der Waals surface area contributed by atoms with Gasteiger partial charge in [0.1, 0.15) is 10.6 Å². The van der Waals surface area contributed by atoms with Crippen LogP contribution < -0.4 is 10.6 Å². The number of amides is 1. The van der Waals surface area contributed by atoms with Gasteiger partial charge < -0.3 is 20.3 Å².